The highest BCUT2D eigenvalue weighted by Gasteiger charge is 2.18. The number of benzene rings is 1. The van der Waals surface area contributed by atoms with E-state index in [0.29, 0.717) is 0 Å². The first-order chi connectivity index (χ1) is 11.0. The molecule has 1 aromatic rings. The third kappa shape index (κ3) is 3.42. The minimum Gasteiger partial charge on any atom is -0.345 e. The summed E-state index contributed by atoms with van der Waals surface area (Å²) in [4.78, 5) is 2.28. The Hall–Kier alpha value is -2.22. The molecule has 0 bridgehead atoms. The first kappa shape index (κ1) is 15.7. The molecule has 119 valence electrons. The zero-order valence-electron chi connectivity index (χ0n) is 14.3. The summed E-state index contributed by atoms with van der Waals surface area (Å²) in [6.45, 7) is 11.6. The van der Waals surface area contributed by atoms with Gasteiger partial charge in [0.1, 0.15) is 5.82 Å². The van der Waals surface area contributed by atoms with Crippen molar-refractivity contribution in [3.05, 3.63) is 83.2 Å². The molecule has 0 spiro atoms. The smallest absolute Gasteiger partial charge is 0.103 e. The van der Waals surface area contributed by atoms with E-state index in [1.165, 1.54) is 33.7 Å². The zero-order chi connectivity index (χ0) is 16.4. The quantitative estimate of drug-likeness (QED) is 0.790. The molecule has 0 amide bonds. The second-order valence-corrected chi connectivity index (χ2v) is 6.46. The van der Waals surface area contributed by atoms with Crippen LogP contribution in [0.15, 0.2) is 65.7 Å². The van der Waals surface area contributed by atoms with Gasteiger partial charge in [0.05, 0.1) is 0 Å². The first-order valence-corrected chi connectivity index (χ1v) is 8.24. The van der Waals surface area contributed by atoms with E-state index in [4.69, 9.17) is 0 Å². The lowest BCUT2D eigenvalue weighted by Crippen LogP contribution is -2.34. The minimum atomic E-state index is 0.868. The van der Waals surface area contributed by atoms with E-state index in [2.05, 4.69) is 80.4 Å². The van der Waals surface area contributed by atoms with Crippen molar-refractivity contribution < 1.29 is 0 Å². The number of aryl methyl sites for hydroxylation is 2. The maximum atomic E-state index is 4.30. The van der Waals surface area contributed by atoms with E-state index in [-0.39, 0.29) is 0 Å². The van der Waals surface area contributed by atoms with Gasteiger partial charge in [0, 0.05) is 24.4 Å². The van der Waals surface area contributed by atoms with E-state index in [1.807, 2.05) is 0 Å². The molecule has 23 heavy (non-hydrogen) atoms. The molecule has 3 rings (SSSR count). The van der Waals surface area contributed by atoms with Gasteiger partial charge in [-0.05, 0) is 56.4 Å². The van der Waals surface area contributed by atoms with Gasteiger partial charge in [-0.25, -0.2) is 0 Å². The highest BCUT2D eigenvalue weighted by atomic mass is 15.2. The number of anilines is 1. The van der Waals surface area contributed by atoms with Gasteiger partial charge in [-0.1, -0.05) is 42.5 Å². The molecular formula is C21H25N2. The van der Waals surface area contributed by atoms with Crippen molar-refractivity contribution in [2.75, 3.05) is 11.4 Å². The fourth-order valence-corrected chi connectivity index (χ4v) is 3.17. The van der Waals surface area contributed by atoms with Crippen LogP contribution in [0.4, 0.5) is 5.69 Å². The van der Waals surface area contributed by atoms with Crippen molar-refractivity contribution >= 4 is 5.69 Å². The molecule has 0 saturated carbocycles. The number of nitrogens with one attached hydrogen (secondary N) is 1. The Labute approximate surface area is 139 Å². The van der Waals surface area contributed by atoms with Gasteiger partial charge in [-0.15, -0.1) is 0 Å². The summed E-state index contributed by atoms with van der Waals surface area (Å²) in [7, 11) is 0. The monoisotopic (exact) mass is 305 g/mol. The van der Waals surface area contributed by atoms with Crippen molar-refractivity contribution in [3.8, 4) is 0 Å². The van der Waals surface area contributed by atoms with Crippen LogP contribution in [0.25, 0.3) is 0 Å². The summed E-state index contributed by atoms with van der Waals surface area (Å²) in [6.07, 6.45) is 10.9. The largest absolute Gasteiger partial charge is 0.345 e. The number of allylic oxidation sites excluding steroid dienone is 5. The highest BCUT2D eigenvalue weighted by Crippen LogP contribution is 2.29. The Balaban J connectivity index is 1.92. The summed E-state index contributed by atoms with van der Waals surface area (Å²) in [5, 5.41) is 3.57. The number of rotatable bonds is 1. The van der Waals surface area contributed by atoms with Crippen LogP contribution in [-0.2, 0) is 0 Å². The molecule has 2 aliphatic rings. The molecular weight excluding hydrogens is 280 g/mol. The number of nitrogens with zero attached hydrogens (tertiary/aromatic N) is 1. The van der Waals surface area contributed by atoms with Crippen molar-refractivity contribution in [2.24, 2.45) is 0 Å². The van der Waals surface area contributed by atoms with Gasteiger partial charge in [-0.3, -0.25) is 0 Å². The van der Waals surface area contributed by atoms with Gasteiger partial charge in [0.25, 0.3) is 0 Å². The van der Waals surface area contributed by atoms with E-state index >= 15 is 0 Å². The molecule has 0 unspecified atom stereocenters. The molecule has 0 saturated heterocycles. The Morgan fingerprint density at radius 2 is 1.96 bits per heavy atom. The second-order valence-electron chi connectivity index (χ2n) is 6.46. The molecule has 1 radical (unpaired) electrons. The van der Waals surface area contributed by atoms with E-state index in [0.717, 1.165) is 25.2 Å². The predicted octanol–water partition coefficient (Wildman–Crippen LogP) is 4.94. The Kier molecular flexibility index (Phi) is 4.42. The highest BCUT2D eigenvalue weighted by molar-refractivity contribution is 5.59. The number of hydrogen-bond acceptors (Lipinski definition) is 2. The lowest BCUT2D eigenvalue weighted by Gasteiger charge is -2.32. The molecule has 1 N–H and O–H groups in total. The van der Waals surface area contributed by atoms with Gasteiger partial charge in [0.2, 0.25) is 0 Å². The maximum absolute atomic E-state index is 4.30. The molecule has 0 aromatic heterocycles. The van der Waals surface area contributed by atoms with Crippen LogP contribution in [0.1, 0.15) is 30.9 Å². The number of hydrogen-bond donors (Lipinski definition) is 1. The average molecular weight is 305 g/mol. The van der Waals surface area contributed by atoms with Crippen LogP contribution in [0.3, 0.4) is 0 Å². The van der Waals surface area contributed by atoms with Crippen molar-refractivity contribution in [1.82, 2.24) is 5.32 Å². The molecule has 1 aliphatic heterocycles. The average Bonchev–Trinajstić information content (AvgIpc) is 2.66. The first-order valence-electron chi connectivity index (χ1n) is 8.24. The van der Waals surface area contributed by atoms with Crippen LogP contribution in [0.5, 0.6) is 0 Å². The Bertz CT molecular complexity index is 719. The van der Waals surface area contributed by atoms with Gasteiger partial charge >= 0.3 is 0 Å². The van der Waals surface area contributed by atoms with E-state index in [1.54, 1.807) is 0 Å². The van der Waals surface area contributed by atoms with Crippen LogP contribution in [0.2, 0.25) is 0 Å². The topological polar surface area (TPSA) is 15.3 Å². The molecule has 1 aliphatic carbocycles. The summed E-state index contributed by atoms with van der Waals surface area (Å²) < 4.78 is 0. The third-order valence-electron chi connectivity index (χ3n) is 4.44. The fraction of sp³-hybridized carbons (Fsp3) is 0.286. The van der Waals surface area contributed by atoms with Crippen molar-refractivity contribution in [2.45, 2.75) is 33.6 Å². The van der Waals surface area contributed by atoms with Gasteiger partial charge < -0.3 is 10.2 Å². The zero-order valence-corrected chi connectivity index (χ0v) is 14.3. The van der Waals surface area contributed by atoms with Crippen molar-refractivity contribution in [1.29, 1.82) is 0 Å². The molecule has 2 heteroatoms. The minimum absolute atomic E-state index is 0.868. The van der Waals surface area contributed by atoms with Crippen LogP contribution < -0.4 is 10.2 Å². The lowest BCUT2D eigenvalue weighted by molar-refractivity contribution is 0.784. The van der Waals surface area contributed by atoms with Crippen LogP contribution >= 0.6 is 0 Å². The third-order valence-corrected chi connectivity index (χ3v) is 4.44. The fourth-order valence-electron chi connectivity index (χ4n) is 3.17. The predicted molar refractivity (Wildman–Crippen MR) is 99.0 cm³/mol. The van der Waals surface area contributed by atoms with Gasteiger partial charge in [0.15, 0.2) is 0 Å². The molecule has 2 nitrogen and oxygen atoms in total. The summed E-state index contributed by atoms with van der Waals surface area (Å²) >= 11 is 0. The Morgan fingerprint density at radius 3 is 2.78 bits per heavy atom. The normalized spacial score (nSPS) is 18.7. The van der Waals surface area contributed by atoms with Gasteiger partial charge in [-0.2, -0.15) is 0 Å². The summed E-state index contributed by atoms with van der Waals surface area (Å²) in [6, 6.07) is 6.58. The second kappa shape index (κ2) is 6.49. The standard InChI is InChI=1S/C21H25N2/c1-15-7-5-9-20-19(13-15)8-6-12-23(18(4)22-20)21-14-16(2)10-11-17(21)3/h5-7,10-11,13-14,22H,4,8-9,12H2,1-3H3. The van der Waals surface area contributed by atoms with Crippen LogP contribution in [0, 0.1) is 20.3 Å². The molecule has 0 fully saturated rings. The Morgan fingerprint density at radius 1 is 1.13 bits per heavy atom. The molecule has 1 heterocycles. The van der Waals surface area contributed by atoms with Crippen LogP contribution in [-0.4, -0.2) is 6.54 Å². The van der Waals surface area contributed by atoms with E-state index in [9.17, 15) is 0 Å². The molecule has 0 atom stereocenters. The van der Waals surface area contributed by atoms with E-state index < -0.39 is 0 Å². The summed E-state index contributed by atoms with van der Waals surface area (Å²) in [5.74, 6) is 0.948. The molecule has 1 aromatic carbocycles. The maximum Gasteiger partial charge on any atom is 0.103 e. The van der Waals surface area contributed by atoms with Crippen molar-refractivity contribution in [3.63, 3.8) is 0 Å². The summed E-state index contributed by atoms with van der Waals surface area (Å²) in [5.41, 5.74) is 7.72. The lowest BCUT2D eigenvalue weighted by atomic mass is 10.0. The SMILES string of the molecule is C=C1NC2=C(C=C(C)C=CC2)C[CH]CN1c1cc(C)ccc1C.